The molecule has 0 aromatic heterocycles. The van der Waals surface area contributed by atoms with E-state index in [1.165, 1.54) is 7.11 Å². The van der Waals surface area contributed by atoms with Crippen LogP contribution in [0.25, 0.3) is 0 Å². The van der Waals surface area contributed by atoms with Crippen molar-refractivity contribution in [3.05, 3.63) is 28.8 Å². The number of nitrogens with one attached hydrogen (secondary N) is 1. The number of rotatable bonds is 7. The van der Waals surface area contributed by atoms with E-state index in [9.17, 15) is 9.59 Å². The predicted octanol–water partition coefficient (Wildman–Crippen LogP) is 2.73. The number of benzene rings is 1. The lowest BCUT2D eigenvalue weighted by Gasteiger charge is -2.22. The van der Waals surface area contributed by atoms with E-state index in [1.807, 2.05) is 20.8 Å². The number of hydrogen-bond donors (Lipinski definition) is 1. The van der Waals surface area contributed by atoms with Crippen molar-refractivity contribution >= 4 is 23.5 Å². The molecule has 0 aliphatic heterocycles. The molecule has 1 amide bonds. The van der Waals surface area contributed by atoms with Crippen molar-refractivity contribution in [2.24, 2.45) is 5.92 Å². The Balaban J connectivity index is 2.62. The molecular formula is C16H22ClNO4. The van der Waals surface area contributed by atoms with Gasteiger partial charge in [0.05, 0.1) is 7.11 Å². The van der Waals surface area contributed by atoms with Gasteiger partial charge in [0.25, 0.3) is 5.91 Å². The fourth-order valence-corrected chi connectivity index (χ4v) is 2.16. The lowest BCUT2D eigenvalue weighted by molar-refractivity contribution is -0.146. The van der Waals surface area contributed by atoms with Crippen LogP contribution in [0.2, 0.25) is 5.02 Å². The molecule has 22 heavy (non-hydrogen) atoms. The van der Waals surface area contributed by atoms with Crippen LogP contribution in [-0.2, 0) is 14.3 Å². The molecule has 1 N–H and O–H groups in total. The molecule has 5 nitrogen and oxygen atoms in total. The highest BCUT2D eigenvalue weighted by Gasteiger charge is 2.26. The Hall–Kier alpha value is -1.75. The SMILES string of the molecule is CCC(C)C(NC(=O)COc1ccc(Cl)cc1C)C(=O)OC. The first-order valence-electron chi connectivity index (χ1n) is 7.15. The maximum atomic E-state index is 12.0. The molecular weight excluding hydrogens is 306 g/mol. The van der Waals surface area contributed by atoms with Crippen LogP contribution >= 0.6 is 11.6 Å². The van der Waals surface area contributed by atoms with Crippen molar-refractivity contribution in [3.63, 3.8) is 0 Å². The van der Waals surface area contributed by atoms with E-state index in [1.54, 1.807) is 18.2 Å². The first-order valence-corrected chi connectivity index (χ1v) is 7.53. The van der Waals surface area contributed by atoms with E-state index in [0.717, 1.165) is 12.0 Å². The van der Waals surface area contributed by atoms with Gasteiger partial charge < -0.3 is 14.8 Å². The van der Waals surface area contributed by atoms with Gasteiger partial charge in [-0.2, -0.15) is 0 Å². The van der Waals surface area contributed by atoms with Crippen molar-refractivity contribution in [1.82, 2.24) is 5.32 Å². The third kappa shape index (κ3) is 5.22. The van der Waals surface area contributed by atoms with Crippen molar-refractivity contribution in [3.8, 4) is 5.75 Å². The lowest BCUT2D eigenvalue weighted by Crippen LogP contribution is -2.47. The smallest absolute Gasteiger partial charge is 0.328 e. The number of methoxy groups -OCH3 is 1. The fraction of sp³-hybridized carbons (Fsp3) is 0.500. The largest absolute Gasteiger partial charge is 0.484 e. The zero-order valence-electron chi connectivity index (χ0n) is 13.3. The molecule has 122 valence electrons. The van der Waals surface area contributed by atoms with Crippen LogP contribution in [0.1, 0.15) is 25.8 Å². The molecule has 0 saturated heterocycles. The Labute approximate surface area is 135 Å². The average molecular weight is 328 g/mol. The predicted molar refractivity (Wildman–Crippen MR) is 85.1 cm³/mol. The zero-order chi connectivity index (χ0) is 16.7. The summed E-state index contributed by atoms with van der Waals surface area (Å²) in [6.45, 7) is 5.49. The summed E-state index contributed by atoms with van der Waals surface area (Å²) in [7, 11) is 1.30. The van der Waals surface area contributed by atoms with Gasteiger partial charge in [0, 0.05) is 5.02 Å². The maximum Gasteiger partial charge on any atom is 0.328 e. The van der Waals surface area contributed by atoms with E-state index >= 15 is 0 Å². The fourth-order valence-electron chi connectivity index (χ4n) is 1.93. The van der Waals surface area contributed by atoms with Gasteiger partial charge in [0.15, 0.2) is 6.61 Å². The number of amides is 1. The van der Waals surface area contributed by atoms with Crippen LogP contribution < -0.4 is 10.1 Å². The van der Waals surface area contributed by atoms with Gasteiger partial charge in [-0.3, -0.25) is 4.79 Å². The molecule has 1 aromatic carbocycles. The van der Waals surface area contributed by atoms with Crippen LogP contribution in [0.3, 0.4) is 0 Å². The third-order valence-electron chi connectivity index (χ3n) is 3.48. The number of carbonyl (C=O) groups is 2. The number of halogens is 1. The van der Waals surface area contributed by atoms with E-state index in [2.05, 4.69) is 5.32 Å². The number of carbonyl (C=O) groups excluding carboxylic acids is 2. The molecule has 0 saturated carbocycles. The monoisotopic (exact) mass is 327 g/mol. The van der Waals surface area contributed by atoms with Crippen molar-refractivity contribution in [1.29, 1.82) is 0 Å². The van der Waals surface area contributed by atoms with Gasteiger partial charge in [-0.1, -0.05) is 31.9 Å². The molecule has 0 heterocycles. The highest BCUT2D eigenvalue weighted by molar-refractivity contribution is 6.30. The molecule has 1 aromatic rings. The molecule has 0 spiro atoms. The van der Waals surface area contributed by atoms with E-state index in [0.29, 0.717) is 10.8 Å². The molecule has 1 rings (SSSR count). The third-order valence-corrected chi connectivity index (χ3v) is 3.72. The van der Waals surface area contributed by atoms with Crippen LogP contribution in [-0.4, -0.2) is 31.6 Å². The second kappa shape index (κ2) is 8.63. The summed E-state index contributed by atoms with van der Waals surface area (Å²) in [6, 6.07) is 4.48. The number of ether oxygens (including phenoxy) is 2. The first kappa shape index (κ1) is 18.3. The molecule has 0 aliphatic carbocycles. The Bertz CT molecular complexity index is 533. The average Bonchev–Trinajstić information content (AvgIpc) is 2.50. The second-order valence-corrected chi connectivity index (χ2v) is 5.59. The highest BCUT2D eigenvalue weighted by Crippen LogP contribution is 2.21. The lowest BCUT2D eigenvalue weighted by atomic mass is 9.99. The Morgan fingerprint density at radius 2 is 2.05 bits per heavy atom. The summed E-state index contributed by atoms with van der Waals surface area (Å²) < 4.78 is 10.2. The van der Waals surface area contributed by atoms with Crippen molar-refractivity contribution in [2.45, 2.75) is 33.2 Å². The van der Waals surface area contributed by atoms with Gasteiger partial charge in [-0.05, 0) is 36.6 Å². The second-order valence-electron chi connectivity index (χ2n) is 5.15. The number of hydrogen-bond acceptors (Lipinski definition) is 4. The summed E-state index contributed by atoms with van der Waals surface area (Å²) in [5.41, 5.74) is 0.840. The van der Waals surface area contributed by atoms with E-state index < -0.39 is 12.0 Å². The zero-order valence-corrected chi connectivity index (χ0v) is 14.1. The van der Waals surface area contributed by atoms with Gasteiger partial charge in [0.2, 0.25) is 0 Å². The molecule has 0 radical (unpaired) electrons. The van der Waals surface area contributed by atoms with Crippen molar-refractivity contribution < 1.29 is 19.1 Å². The Kier molecular flexibility index (Phi) is 7.18. The van der Waals surface area contributed by atoms with Crippen molar-refractivity contribution in [2.75, 3.05) is 13.7 Å². The summed E-state index contributed by atoms with van der Waals surface area (Å²) in [5, 5.41) is 3.26. The standard InChI is InChI=1S/C16H22ClNO4/c1-5-10(2)15(16(20)21-4)18-14(19)9-22-13-7-6-12(17)8-11(13)3/h6-8,10,15H,5,9H2,1-4H3,(H,18,19). The number of aryl methyl sites for hydroxylation is 1. The quantitative estimate of drug-likeness (QED) is 0.782. The molecule has 6 heteroatoms. The summed E-state index contributed by atoms with van der Waals surface area (Å²) in [5.74, 6) is -0.262. The molecule has 0 fully saturated rings. The van der Waals surface area contributed by atoms with E-state index in [4.69, 9.17) is 21.1 Å². The Morgan fingerprint density at radius 1 is 1.36 bits per heavy atom. The maximum absolute atomic E-state index is 12.0. The van der Waals surface area contributed by atoms with Crippen LogP contribution in [0.4, 0.5) is 0 Å². The molecule has 0 aliphatic rings. The minimum absolute atomic E-state index is 0.0198. The van der Waals surface area contributed by atoms with Gasteiger partial charge in [0.1, 0.15) is 11.8 Å². The molecule has 2 unspecified atom stereocenters. The molecule has 0 bridgehead atoms. The summed E-state index contributed by atoms with van der Waals surface area (Å²) in [4.78, 5) is 23.7. The van der Waals surface area contributed by atoms with Crippen LogP contribution in [0.5, 0.6) is 5.75 Å². The van der Waals surface area contributed by atoms with Crippen LogP contribution in [0.15, 0.2) is 18.2 Å². The highest BCUT2D eigenvalue weighted by atomic mass is 35.5. The number of esters is 1. The van der Waals surface area contributed by atoms with Gasteiger partial charge >= 0.3 is 5.97 Å². The van der Waals surface area contributed by atoms with E-state index in [-0.39, 0.29) is 18.4 Å². The Morgan fingerprint density at radius 3 is 2.59 bits per heavy atom. The normalized spacial score (nSPS) is 13.1. The summed E-state index contributed by atoms with van der Waals surface area (Å²) in [6.07, 6.45) is 0.747. The van der Waals surface area contributed by atoms with Crippen LogP contribution in [0, 0.1) is 12.8 Å². The minimum atomic E-state index is -0.669. The van der Waals surface area contributed by atoms with Gasteiger partial charge in [-0.25, -0.2) is 4.79 Å². The summed E-state index contributed by atoms with van der Waals surface area (Å²) >= 11 is 5.86. The first-order chi connectivity index (χ1) is 10.4. The molecule has 2 atom stereocenters. The minimum Gasteiger partial charge on any atom is -0.484 e. The van der Waals surface area contributed by atoms with Gasteiger partial charge in [-0.15, -0.1) is 0 Å². The topological polar surface area (TPSA) is 64.6 Å².